The van der Waals surface area contributed by atoms with Crippen LogP contribution in [-0.4, -0.2) is 55.9 Å². The van der Waals surface area contributed by atoms with Crippen LogP contribution in [0.1, 0.15) is 11.7 Å². The SMILES string of the molecule is CN1CCO[C@@H](CNC[C@@H](O)c2ccccc2Cl)C1. The molecule has 4 nitrogen and oxygen atoms in total. The number of nitrogens with one attached hydrogen (secondary N) is 1. The van der Waals surface area contributed by atoms with E-state index in [2.05, 4.69) is 17.3 Å². The molecule has 1 fully saturated rings. The molecule has 5 heteroatoms. The van der Waals surface area contributed by atoms with E-state index in [0.29, 0.717) is 11.6 Å². The number of morpholine rings is 1. The number of halogens is 1. The second kappa shape index (κ2) is 7.22. The van der Waals surface area contributed by atoms with Crippen molar-refractivity contribution in [1.29, 1.82) is 0 Å². The predicted molar refractivity (Wildman–Crippen MR) is 76.5 cm³/mol. The lowest BCUT2D eigenvalue weighted by molar-refractivity contribution is -0.0191. The van der Waals surface area contributed by atoms with Crippen molar-refractivity contribution in [1.82, 2.24) is 10.2 Å². The van der Waals surface area contributed by atoms with E-state index in [0.717, 1.165) is 31.8 Å². The van der Waals surface area contributed by atoms with Gasteiger partial charge < -0.3 is 20.1 Å². The molecule has 0 aromatic heterocycles. The molecule has 0 aliphatic carbocycles. The summed E-state index contributed by atoms with van der Waals surface area (Å²) >= 11 is 6.05. The highest BCUT2D eigenvalue weighted by atomic mass is 35.5. The van der Waals surface area contributed by atoms with Gasteiger partial charge in [-0.2, -0.15) is 0 Å². The summed E-state index contributed by atoms with van der Waals surface area (Å²) in [6.45, 7) is 3.91. The van der Waals surface area contributed by atoms with Crippen LogP contribution in [0.4, 0.5) is 0 Å². The third-order valence-electron chi connectivity index (χ3n) is 3.32. The number of aliphatic hydroxyl groups excluding tert-OH is 1. The van der Waals surface area contributed by atoms with Gasteiger partial charge in [-0.05, 0) is 13.1 Å². The number of aliphatic hydroxyl groups is 1. The molecule has 0 radical (unpaired) electrons. The smallest absolute Gasteiger partial charge is 0.0928 e. The fraction of sp³-hybridized carbons (Fsp3) is 0.571. The minimum atomic E-state index is -0.588. The molecule has 1 aromatic rings. The van der Waals surface area contributed by atoms with Crippen LogP contribution in [0.15, 0.2) is 24.3 Å². The first kappa shape index (κ1) is 14.8. The summed E-state index contributed by atoms with van der Waals surface area (Å²) in [7, 11) is 2.09. The van der Waals surface area contributed by atoms with Gasteiger partial charge in [0.25, 0.3) is 0 Å². The van der Waals surface area contributed by atoms with Gasteiger partial charge in [0.15, 0.2) is 0 Å². The van der Waals surface area contributed by atoms with Crippen LogP contribution in [0.3, 0.4) is 0 Å². The molecule has 0 amide bonds. The summed E-state index contributed by atoms with van der Waals surface area (Å²) in [5, 5.41) is 13.9. The van der Waals surface area contributed by atoms with E-state index in [-0.39, 0.29) is 6.10 Å². The monoisotopic (exact) mass is 284 g/mol. The molecule has 0 bridgehead atoms. The number of benzene rings is 1. The van der Waals surface area contributed by atoms with Gasteiger partial charge in [-0.1, -0.05) is 29.8 Å². The van der Waals surface area contributed by atoms with Gasteiger partial charge in [-0.25, -0.2) is 0 Å². The largest absolute Gasteiger partial charge is 0.387 e. The van der Waals surface area contributed by atoms with Crippen molar-refractivity contribution in [2.75, 3.05) is 39.8 Å². The molecule has 1 aliphatic heterocycles. The van der Waals surface area contributed by atoms with E-state index in [1.165, 1.54) is 0 Å². The molecular formula is C14H21ClN2O2. The molecule has 1 aromatic carbocycles. The van der Waals surface area contributed by atoms with Crippen molar-refractivity contribution in [2.24, 2.45) is 0 Å². The second-order valence-corrected chi connectivity index (χ2v) is 5.36. The van der Waals surface area contributed by atoms with Gasteiger partial charge in [0.2, 0.25) is 0 Å². The highest BCUT2D eigenvalue weighted by molar-refractivity contribution is 6.31. The van der Waals surface area contributed by atoms with Crippen LogP contribution in [0.25, 0.3) is 0 Å². The first-order valence-electron chi connectivity index (χ1n) is 6.60. The quantitative estimate of drug-likeness (QED) is 0.855. The Hall–Kier alpha value is -0.650. The van der Waals surface area contributed by atoms with Crippen LogP contribution in [-0.2, 0) is 4.74 Å². The van der Waals surface area contributed by atoms with Crippen molar-refractivity contribution in [3.05, 3.63) is 34.9 Å². The maximum atomic E-state index is 10.1. The van der Waals surface area contributed by atoms with Gasteiger partial charge >= 0.3 is 0 Å². The number of hydrogen-bond donors (Lipinski definition) is 2. The van der Waals surface area contributed by atoms with E-state index in [1.807, 2.05) is 18.2 Å². The molecule has 106 valence electrons. The Bertz CT molecular complexity index is 403. The Morgan fingerprint density at radius 2 is 2.32 bits per heavy atom. The highest BCUT2D eigenvalue weighted by Crippen LogP contribution is 2.21. The number of rotatable bonds is 5. The predicted octanol–water partition coefficient (Wildman–Crippen LogP) is 1.29. The molecule has 1 saturated heterocycles. The zero-order valence-corrected chi connectivity index (χ0v) is 11.9. The van der Waals surface area contributed by atoms with E-state index in [9.17, 15) is 5.11 Å². The maximum Gasteiger partial charge on any atom is 0.0928 e. The molecule has 1 heterocycles. The van der Waals surface area contributed by atoms with Crippen molar-refractivity contribution in [3.8, 4) is 0 Å². The number of nitrogens with zero attached hydrogens (tertiary/aromatic N) is 1. The van der Waals surface area contributed by atoms with Crippen molar-refractivity contribution in [3.63, 3.8) is 0 Å². The maximum absolute atomic E-state index is 10.1. The third kappa shape index (κ3) is 4.44. The van der Waals surface area contributed by atoms with E-state index < -0.39 is 6.10 Å². The van der Waals surface area contributed by atoms with Crippen LogP contribution in [0, 0.1) is 0 Å². The molecule has 2 rings (SSSR count). The molecular weight excluding hydrogens is 264 g/mol. The van der Waals surface area contributed by atoms with E-state index in [4.69, 9.17) is 16.3 Å². The molecule has 2 N–H and O–H groups in total. The standard InChI is InChI=1S/C14H21ClN2O2/c1-17-6-7-19-11(10-17)8-16-9-14(18)12-4-2-3-5-13(12)15/h2-5,11,14,16,18H,6-10H2,1H3/t11-,14+/m0/s1. The Labute approximate surface area is 119 Å². The van der Waals surface area contributed by atoms with Crippen LogP contribution >= 0.6 is 11.6 Å². The Balaban J connectivity index is 1.75. The Morgan fingerprint density at radius 3 is 3.05 bits per heavy atom. The fourth-order valence-corrected chi connectivity index (χ4v) is 2.49. The van der Waals surface area contributed by atoms with Gasteiger partial charge in [0.05, 0.1) is 18.8 Å². The van der Waals surface area contributed by atoms with E-state index >= 15 is 0 Å². The molecule has 19 heavy (non-hydrogen) atoms. The second-order valence-electron chi connectivity index (χ2n) is 4.95. The van der Waals surface area contributed by atoms with Crippen molar-refractivity contribution < 1.29 is 9.84 Å². The minimum absolute atomic E-state index is 0.192. The minimum Gasteiger partial charge on any atom is -0.387 e. The average Bonchev–Trinajstić information content (AvgIpc) is 2.39. The zero-order chi connectivity index (χ0) is 13.7. The van der Waals surface area contributed by atoms with Crippen LogP contribution in [0.2, 0.25) is 5.02 Å². The van der Waals surface area contributed by atoms with Crippen molar-refractivity contribution in [2.45, 2.75) is 12.2 Å². The first-order valence-corrected chi connectivity index (χ1v) is 6.98. The van der Waals surface area contributed by atoms with Gasteiger partial charge in [-0.15, -0.1) is 0 Å². The van der Waals surface area contributed by atoms with Crippen LogP contribution in [0.5, 0.6) is 0 Å². The number of ether oxygens (including phenoxy) is 1. The Kier molecular flexibility index (Phi) is 5.60. The lowest BCUT2D eigenvalue weighted by Gasteiger charge is -2.30. The average molecular weight is 285 g/mol. The third-order valence-corrected chi connectivity index (χ3v) is 3.66. The summed E-state index contributed by atoms with van der Waals surface area (Å²) in [5.41, 5.74) is 0.762. The molecule has 1 aliphatic rings. The molecule has 0 saturated carbocycles. The van der Waals surface area contributed by atoms with Crippen LogP contribution < -0.4 is 5.32 Å². The summed E-state index contributed by atoms with van der Waals surface area (Å²) in [4.78, 5) is 2.25. The first-order chi connectivity index (χ1) is 9.16. The molecule has 0 unspecified atom stereocenters. The number of hydrogen-bond acceptors (Lipinski definition) is 4. The molecule has 2 atom stereocenters. The van der Waals surface area contributed by atoms with Gasteiger partial charge in [-0.3, -0.25) is 0 Å². The highest BCUT2D eigenvalue weighted by Gasteiger charge is 2.18. The summed E-state index contributed by atoms with van der Waals surface area (Å²) in [6.07, 6.45) is -0.396. The topological polar surface area (TPSA) is 44.7 Å². The van der Waals surface area contributed by atoms with Gasteiger partial charge in [0.1, 0.15) is 0 Å². The lowest BCUT2D eigenvalue weighted by atomic mass is 10.1. The van der Waals surface area contributed by atoms with Gasteiger partial charge in [0, 0.05) is 36.8 Å². The Morgan fingerprint density at radius 1 is 1.53 bits per heavy atom. The number of likely N-dealkylation sites (N-methyl/N-ethyl adjacent to an activating group) is 1. The summed E-state index contributed by atoms with van der Waals surface area (Å²) in [5.74, 6) is 0. The fourth-order valence-electron chi connectivity index (χ4n) is 2.23. The van der Waals surface area contributed by atoms with Crippen molar-refractivity contribution >= 4 is 11.6 Å². The normalized spacial score (nSPS) is 22.4. The summed E-state index contributed by atoms with van der Waals surface area (Å²) < 4.78 is 5.65. The zero-order valence-electron chi connectivity index (χ0n) is 11.2. The molecule has 0 spiro atoms. The lowest BCUT2D eigenvalue weighted by Crippen LogP contribution is -2.45. The summed E-state index contributed by atoms with van der Waals surface area (Å²) in [6, 6.07) is 7.38. The van der Waals surface area contributed by atoms with E-state index in [1.54, 1.807) is 6.07 Å².